The van der Waals surface area contributed by atoms with Gasteiger partial charge in [-0.25, -0.2) is 0 Å². The van der Waals surface area contributed by atoms with Crippen molar-refractivity contribution >= 4 is 11.8 Å². The van der Waals surface area contributed by atoms with Crippen molar-refractivity contribution < 1.29 is 23.1 Å². The van der Waals surface area contributed by atoms with E-state index in [0.29, 0.717) is 19.4 Å². The van der Waals surface area contributed by atoms with Gasteiger partial charge in [0.1, 0.15) is 11.8 Å². The van der Waals surface area contributed by atoms with Crippen molar-refractivity contribution in [3.63, 3.8) is 0 Å². The lowest BCUT2D eigenvalue weighted by Crippen LogP contribution is -2.52. The maximum Gasteiger partial charge on any atom is 0.387 e. The van der Waals surface area contributed by atoms with Gasteiger partial charge >= 0.3 is 6.61 Å². The molecule has 7 heteroatoms. The lowest BCUT2D eigenvalue weighted by Gasteiger charge is -2.35. The molecule has 138 valence electrons. The molecule has 1 saturated heterocycles. The number of hydrogen-bond acceptors (Lipinski definition) is 3. The van der Waals surface area contributed by atoms with E-state index in [-0.39, 0.29) is 23.6 Å². The van der Waals surface area contributed by atoms with Crippen molar-refractivity contribution in [3.8, 4) is 5.75 Å². The van der Waals surface area contributed by atoms with Crippen LogP contribution in [0, 0.1) is 0 Å². The molecule has 0 bridgehead atoms. The molecule has 2 unspecified atom stereocenters. The molecule has 0 spiro atoms. The molecule has 2 amide bonds. The highest BCUT2D eigenvalue weighted by Gasteiger charge is 2.31. The summed E-state index contributed by atoms with van der Waals surface area (Å²) in [6, 6.07) is 5.42. The minimum atomic E-state index is -2.86. The van der Waals surface area contributed by atoms with Gasteiger partial charge in [-0.05, 0) is 43.9 Å². The van der Waals surface area contributed by atoms with Crippen LogP contribution in [0.4, 0.5) is 8.78 Å². The normalized spacial score (nSPS) is 18.8. The van der Waals surface area contributed by atoms with Gasteiger partial charge in [-0.2, -0.15) is 8.78 Å². The molecule has 0 saturated carbocycles. The Balaban J connectivity index is 1.99. The maximum absolute atomic E-state index is 12.6. The molecule has 1 fully saturated rings. The number of amides is 2. The van der Waals surface area contributed by atoms with Crippen LogP contribution in [-0.4, -0.2) is 35.9 Å². The second-order valence-corrected chi connectivity index (χ2v) is 6.13. The van der Waals surface area contributed by atoms with Crippen LogP contribution in [0.25, 0.3) is 0 Å². The van der Waals surface area contributed by atoms with Gasteiger partial charge in [0.15, 0.2) is 0 Å². The van der Waals surface area contributed by atoms with Crippen molar-refractivity contribution in [2.75, 3.05) is 6.54 Å². The van der Waals surface area contributed by atoms with Crippen molar-refractivity contribution in [3.05, 3.63) is 29.8 Å². The first-order valence-electron chi connectivity index (χ1n) is 8.57. The summed E-state index contributed by atoms with van der Waals surface area (Å²) in [5.74, 6) is -0.118. The fourth-order valence-electron chi connectivity index (χ4n) is 3.04. The zero-order chi connectivity index (χ0) is 18.4. The van der Waals surface area contributed by atoms with E-state index in [4.69, 9.17) is 0 Å². The summed E-state index contributed by atoms with van der Waals surface area (Å²) in [6.07, 6.45) is 2.87. The van der Waals surface area contributed by atoms with E-state index in [1.54, 1.807) is 24.0 Å². The molecule has 1 aliphatic heterocycles. The summed E-state index contributed by atoms with van der Waals surface area (Å²) in [7, 11) is 0. The number of nitrogens with zero attached hydrogens (tertiary/aromatic N) is 1. The van der Waals surface area contributed by atoms with Gasteiger partial charge in [0, 0.05) is 13.0 Å². The van der Waals surface area contributed by atoms with E-state index in [9.17, 15) is 18.4 Å². The highest BCUT2D eigenvalue weighted by molar-refractivity contribution is 5.88. The molecule has 1 N–H and O–H groups in total. The molecule has 1 heterocycles. The molecule has 1 aliphatic rings. The summed E-state index contributed by atoms with van der Waals surface area (Å²) in [5.41, 5.74) is 0.777. The highest BCUT2D eigenvalue weighted by Crippen LogP contribution is 2.22. The number of rotatable bonds is 6. The van der Waals surface area contributed by atoms with Crippen molar-refractivity contribution in [1.29, 1.82) is 0 Å². The third-order valence-corrected chi connectivity index (χ3v) is 4.39. The molecule has 1 aromatic rings. The highest BCUT2D eigenvalue weighted by atomic mass is 19.3. The number of carbonyl (C=O) groups is 2. The van der Waals surface area contributed by atoms with Crippen molar-refractivity contribution in [1.82, 2.24) is 10.2 Å². The Morgan fingerprint density at radius 1 is 1.28 bits per heavy atom. The molecule has 5 nitrogen and oxygen atoms in total. The van der Waals surface area contributed by atoms with Gasteiger partial charge < -0.3 is 15.0 Å². The quantitative estimate of drug-likeness (QED) is 0.853. The number of benzene rings is 1. The molecule has 0 aromatic heterocycles. The van der Waals surface area contributed by atoms with E-state index in [2.05, 4.69) is 10.1 Å². The fourth-order valence-corrected chi connectivity index (χ4v) is 3.04. The largest absolute Gasteiger partial charge is 0.435 e. The van der Waals surface area contributed by atoms with E-state index >= 15 is 0 Å². The molecule has 0 radical (unpaired) electrons. The predicted octanol–water partition coefficient (Wildman–Crippen LogP) is 3.26. The number of carbonyl (C=O) groups excluding carboxylic acids is 2. The first-order valence-corrected chi connectivity index (χ1v) is 8.57. The Labute approximate surface area is 146 Å². The van der Waals surface area contributed by atoms with Gasteiger partial charge in [0.05, 0.1) is 6.04 Å². The Morgan fingerprint density at radius 2 is 1.96 bits per heavy atom. The van der Waals surface area contributed by atoms with E-state index in [0.717, 1.165) is 18.4 Å². The third-order valence-electron chi connectivity index (χ3n) is 4.39. The Morgan fingerprint density at radius 3 is 2.56 bits per heavy atom. The number of hydrogen-bond donors (Lipinski definition) is 1. The number of halogens is 2. The zero-order valence-corrected chi connectivity index (χ0v) is 14.5. The minimum absolute atomic E-state index is 0.0130. The number of alkyl halides is 2. The lowest BCUT2D eigenvalue weighted by molar-refractivity contribution is -0.142. The van der Waals surface area contributed by atoms with E-state index in [1.807, 2.05) is 6.92 Å². The molecule has 25 heavy (non-hydrogen) atoms. The summed E-state index contributed by atoms with van der Waals surface area (Å²) >= 11 is 0. The van der Waals surface area contributed by atoms with Crippen molar-refractivity contribution in [2.45, 2.75) is 58.2 Å². The van der Waals surface area contributed by atoms with Gasteiger partial charge in [0.2, 0.25) is 11.8 Å². The Kier molecular flexibility index (Phi) is 6.73. The van der Waals surface area contributed by atoms with Gasteiger partial charge in [0.25, 0.3) is 0 Å². The Bertz CT molecular complexity index is 592. The molecule has 1 aromatic carbocycles. The third kappa shape index (κ3) is 5.14. The number of nitrogens with one attached hydrogen (secondary N) is 1. The van der Waals surface area contributed by atoms with Crippen LogP contribution in [0.5, 0.6) is 5.75 Å². The van der Waals surface area contributed by atoms with Crippen molar-refractivity contribution in [2.24, 2.45) is 0 Å². The summed E-state index contributed by atoms with van der Waals surface area (Å²) < 4.78 is 28.7. The van der Waals surface area contributed by atoms with Crippen LogP contribution >= 0.6 is 0 Å². The first-order chi connectivity index (χ1) is 11.9. The van der Waals surface area contributed by atoms with Gasteiger partial charge in [-0.3, -0.25) is 9.59 Å². The average Bonchev–Trinajstić information content (AvgIpc) is 2.61. The smallest absolute Gasteiger partial charge is 0.387 e. The second-order valence-electron chi connectivity index (χ2n) is 6.13. The average molecular weight is 354 g/mol. The standard InChI is InChI=1S/C18H24F2N2O3/c1-3-16(23)22-11-5-4-6-15(22)17(24)21-12(2)13-7-9-14(10-8-13)25-18(19)20/h7-10,12,15,18H,3-6,11H2,1-2H3,(H,21,24). The minimum Gasteiger partial charge on any atom is -0.435 e. The van der Waals surface area contributed by atoms with Crippen LogP contribution in [0.2, 0.25) is 0 Å². The fraction of sp³-hybridized carbons (Fsp3) is 0.556. The van der Waals surface area contributed by atoms with E-state index in [1.165, 1.54) is 12.1 Å². The number of piperidine rings is 1. The molecular weight excluding hydrogens is 330 g/mol. The van der Waals surface area contributed by atoms with Gasteiger partial charge in [-0.1, -0.05) is 19.1 Å². The monoisotopic (exact) mass is 354 g/mol. The van der Waals surface area contributed by atoms with Gasteiger partial charge in [-0.15, -0.1) is 0 Å². The topological polar surface area (TPSA) is 58.6 Å². The predicted molar refractivity (Wildman–Crippen MR) is 89.3 cm³/mol. The molecule has 2 rings (SSSR count). The zero-order valence-electron chi connectivity index (χ0n) is 14.5. The summed E-state index contributed by atoms with van der Waals surface area (Å²) in [5, 5.41) is 2.91. The first kappa shape index (κ1) is 19.1. The SMILES string of the molecule is CCC(=O)N1CCCCC1C(=O)NC(C)c1ccc(OC(F)F)cc1. The van der Waals surface area contributed by atoms with E-state index < -0.39 is 12.7 Å². The molecule has 0 aliphatic carbocycles. The van der Waals surface area contributed by atoms with Crippen LogP contribution in [0.3, 0.4) is 0 Å². The number of likely N-dealkylation sites (tertiary alicyclic amines) is 1. The van der Waals surface area contributed by atoms with Crippen LogP contribution in [0.1, 0.15) is 51.1 Å². The Hall–Kier alpha value is -2.18. The van der Waals surface area contributed by atoms with Crippen LogP contribution in [-0.2, 0) is 9.59 Å². The number of ether oxygens (including phenoxy) is 1. The van der Waals surface area contributed by atoms with Crippen LogP contribution in [0.15, 0.2) is 24.3 Å². The lowest BCUT2D eigenvalue weighted by atomic mass is 10.00. The molecular formula is C18H24F2N2O3. The summed E-state index contributed by atoms with van der Waals surface area (Å²) in [6.45, 7) is 1.35. The maximum atomic E-state index is 12.6. The second kappa shape index (κ2) is 8.78. The summed E-state index contributed by atoms with van der Waals surface area (Å²) in [4.78, 5) is 26.3. The van der Waals surface area contributed by atoms with Crippen LogP contribution < -0.4 is 10.1 Å². The molecule has 2 atom stereocenters.